The summed E-state index contributed by atoms with van der Waals surface area (Å²) in [4.78, 5) is 0. The van der Waals surface area contributed by atoms with Crippen LogP contribution in [-0.4, -0.2) is 15.9 Å². The average molecular weight is 421 g/mol. The quantitative estimate of drug-likeness (QED) is 0.472. The summed E-state index contributed by atoms with van der Waals surface area (Å²) in [6, 6.07) is 18.9. The number of nitrogens with one attached hydrogen (secondary N) is 1. The van der Waals surface area contributed by atoms with Gasteiger partial charge in [0, 0.05) is 17.0 Å². The SMILES string of the molecule is Clc1ccc(-c2nnc(COc3ccc(C4=NNC(c5ccco5)C4)cc3)o2)cc1. The van der Waals surface area contributed by atoms with Crippen LogP contribution in [0.5, 0.6) is 5.75 Å². The second-order valence-corrected chi connectivity index (χ2v) is 7.22. The summed E-state index contributed by atoms with van der Waals surface area (Å²) in [5.74, 6) is 2.42. The maximum Gasteiger partial charge on any atom is 0.254 e. The molecule has 1 aliphatic heterocycles. The number of hydrogen-bond donors (Lipinski definition) is 1. The summed E-state index contributed by atoms with van der Waals surface area (Å²) >= 11 is 5.90. The summed E-state index contributed by atoms with van der Waals surface area (Å²) in [5.41, 5.74) is 5.94. The highest BCUT2D eigenvalue weighted by molar-refractivity contribution is 6.30. The Labute approximate surface area is 177 Å². The van der Waals surface area contributed by atoms with Crippen LogP contribution < -0.4 is 10.2 Å². The van der Waals surface area contributed by atoms with Crippen LogP contribution in [0.15, 0.2) is 80.9 Å². The molecule has 0 bridgehead atoms. The van der Waals surface area contributed by atoms with Crippen LogP contribution >= 0.6 is 11.6 Å². The molecule has 0 saturated heterocycles. The van der Waals surface area contributed by atoms with Gasteiger partial charge in [-0.15, -0.1) is 10.2 Å². The van der Waals surface area contributed by atoms with Crippen LogP contribution in [0.1, 0.15) is 29.7 Å². The minimum Gasteiger partial charge on any atom is -0.484 e. The minimum atomic E-state index is 0.0679. The molecule has 30 heavy (non-hydrogen) atoms. The van der Waals surface area contributed by atoms with Crippen molar-refractivity contribution in [1.82, 2.24) is 15.6 Å². The number of furan rings is 1. The van der Waals surface area contributed by atoms with Crippen molar-refractivity contribution in [2.45, 2.75) is 19.1 Å². The molecule has 0 amide bonds. The Morgan fingerprint density at radius 3 is 2.57 bits per heavy atom. The molecular weight excluding hydrogens is 404 g/mol. The molecule has 2 aromatic carbocycles. The van der Waals surface area contributed by atoms with Gasteiger partial charge in [-0.25, -0.2) is 0 Å². The van der Waals surface area contributed by atoms with Crippen LogP contribution in [0.3, 0.4) is 0 Å². The summed E-state index contributed by atoms with van der Waals surface area (Å²) in [6.07, 6.45) is 2.44. The van der Waals surface area contributed by atoms with Crippen LogP contribution in [0.4, 0.5) is 0 Å². The molecule has 8 heteroatoms. The van der Waals surface area contributed by atoms with Crippen molar-refractivity contribution >= 4 is 17.3 Å². The third kappa shape index (κ3) is 3.92. The summed E-state index contributed by atoms with van der Waals surface area (Å²) in [6.45, 7) is 0.184. The second-order valence-electron chi connectivity index (χ2n) is 6.78. The van der Waals surface area contributed by atoms with Gasteiger partial charge in [0.1, 0.15) is 17.6 Å². The highest BCUT2D eigenvalue weighted by Gasteiger charge is 2.23. The Kier molecular flexibility index (Phi) is 4.94. The Morgan fingerprint density at radius 2 is 1.80 bits per heavy atom. The largest absolute Gasteiger partial charge is 0.484 e. The number of hydrogen-bond acceptors (Lipinski definition) is 7. The van der Waals surface area contributed by atoms with E-state index in [-0.39, 0.29) is 12.6 Å². The highest BCUT2D eigenvalue weighted by atomic mass is 35.5. The molecule has 0 radical (unpaired) electrons. The standard InChI is InChI=1S/C22H17ClN4O3/c23-16-7-3-15(4-8-16)22-27-26-21(30-22)13-29-17-9-5-14(6-10-17)18-12-19(25-24-18)20-2-1-11-28-20/h1-11,19,25H,12-13H2. The molecule has 1 N–H and O–H groups in total. The van der Waals surface area contributed by atoms with Gasteiger partial charge in [-0.2, -0.15) is 5.10 Å². The van der Waals surface area contributed by atoms with E-state index in [1.165, 1.54) is 0 Å². The lowest BCUT2D eigenvalue weighted by molar-refractivity contribution is 0.264. The van der Waals surface area contributed by atoms with E-state index in [0.717, 1.165) is 29.0 Å². The van der Waals surface area contributed by atoms with Crippen molar-refractivity contribution < 1.29 is 13.6 Å². The lowest BCUT2D eigenvalue weighted by Gasteiger charge is -2.06. The lowest BCUT2D eigenvalue weighted by Crippen LogP contribution is -2.08. The first-order chi connectivity index (χ1) is 14.7. The first kappa shape index (κ1) is 18.4. The second kappa shape index (κ2) is 8.04. The Hall–Kier alpha value is -3.58. The smallest absolute Gasteiger partial charge is 0.254 e. The molecule has 4 aromatic rings. The topological polar surface area (TPSA) is 85.7 Å². The molecular formula is C22H17ClN4O3. The zero-order chi connectivity index (χ0) is 20.3. The zero-order valence-corrected chi connectivity index (χ0v) is 16.5. The first-order valence-corrected chi connectivity index (χ1v) is 9.79. The van der Waals surface area contributed by atoms with Gasteiger partial charge in [-0.3, -0.25) is 5.43 Å². The molecule has 7 nitrogen and oxygen atoms in total. The van der Waals surface area contributed by atoms with Gasteiger partial charge < -0.3 is 13.6 Å². The third-order valence-corrected chi connectivity index (χ3v) is 5.00. The fourth-order valence-corrected chi connectivity index (χ4v) is 3.31. The number of benzene rings is 2. The molecule has 0 spiro atoms. The maximum absolute atomic E-state index is 5.90. The molecule has 1 atom stereocenters. The van der Waals surface area contributed by atoms with E-state index in [1.807, 2.05) is 48.5 Å². The Bertz CT molecular complexity index is 1150. The van der Waals surface area contributed by atoms with E-state index < -0.39 is 0 Å². The van der Waals surface area contributed by atoms with E-state index in [1.54, 1.807) is 18.4 Å². The van der Waals surface area contributed by atoms with Gasteiger partial charge in [0.05, 0.1) is 12.0 Å². The zero-order valence-electron chi connectivity index (χ0n) is 15.8. The van der Waals surface area contributed by atoms with Gasteiger partial charge in [-0.1, -0.05) is 11.6 Å². The van der Waals surface area contributed by atoms with Gasteiger partial charge in [-0.05, 0) is 66.2 Å². The number of rotatable bonds is 6. The first-order valence-electron chi connectivity index (χ1n) is 9.42. The highest BCUT2D eigenvalue weighted by Crippen LogP contribution is 2.26. The molecule has 5 rings (SSSR count). The van der Waals surface area contributed by atoms with E-state index >= 15 is 0 Å². The van der Waals surface area contributed by atoms with Crippen molar-refractivity contribution in [3.8, 4) is 17.2 Å². The molecule has 0 fully saturated rings. The maximum atomic E-state index is 5.90. The predicted molar refractivity (Wildman–Crippen MR) is 111 cm³/mol. The third-order valence-electron chi connectivity index (χ3n) is 4.75. The normalized spacial score (nSPS) is 15.6. The molecule has 1 unspecified atom stereocenters. The lowest BCUT2D eigenvalue weighted by atomic mass is 10.0. The van der Waals surface area contributed by atoms with Gasteiger partial charge in [0.15, 0.2) is 6.61 Å². The van der Waals surface area contributed by atoms with Crippen molar-refractivity contribution in [2.24, 2.45) is 5.10 Å². The molecule has 1 aliphatic rings. The van der Waals surface area contributed by atoms with E-state index in [4.69, 9.17) is 25.2 Å². The number of nitrogens with zero attached hydrogens (tertiary/aromatic N) is 3. The predicted octanol–water partition coefficient (Wildman–Crippen LogP) is 5.00. The van der Waals surface area contributed by atoms with Crippen molar-refractivity contribution in [3.05, 3.63) is 89.2 Å². The fraction of sp³-hybridized carbons (Fsp3) is 0.136. The van der Waals surface area contributed by atoms with Crippen molar-refractivity contribution in [2.75, 3.05) is 0 Å². The van der Waals surface area contributed by atoms with Crippen LogP contribution in [-0.2, 0) is 6.61 Å². The van der Waals surface area contributed by atoms with Crippen LogP contribution in [0, 0.1) is 0 Å². The summed E-state index contributed by atoms with van der Waals surface area (Å²) in [7, 11) is 0. The molecule has 0 aliphatic carbocycles. The van der Waals surface area contributed by atoms with E-state index in [0.29, 0.717) is 22.6 Å². The number of halogens is 1. The van der Waals surface area contributed by atoms with Crippen LogP contribution in [0.2, 0.25) is 5.02 Å². The number of aromatic nitrogens is 2. The number of ether oxygens (including phenoxy) is 1. The molecule has 0 saturated carbocycles. The van der Waals surface area contributed by atoms with E-state index in [2.05, 4.69) is 20.7 Å². The minimum absolute atomic E-state index is 0.0679. The monoisotopic (exact) mass is 420 g/mol. The van der Waals surface area contributed by atoms with Gasteiger partial charge in [0.2, 0.25) is 5.89 Å². The van der Waals surface area contributed by atoms with Gasteiger partial charge >= 0.3 is 0 Å². The van der Waals surface area contributed by atoms with Crippen LogP contribution in [0.25, 0.3) is 11.5 Å². The molecule has 150 valence electrons. The molecule has 3 heterocycles. The Morgan fingerprint density at radius 1 is 1.00 bits per heavy atom. The Balaban J connectivity index is 1.19. The molecule has 2 aromatic heterocycles. The summed E-state index contributed by atoms with van der Waals surface area (Å²) in [5, 5.41) is 13.2. The average Bonchev–Trinajstić information content (AvgIpc) is 3.55. The van der Waals surface area contributed by atoms with E-state index in [9.17, 15) is 0 Å². The van der Waals surface area contributed by atoms with Crippen molar-refractivity contribution in [1.29, 1.82) is 0 Å². The fourth-order valence-electron chi connectivity index (χ4n) is 3.19. The number of hydrazone groups is 1. The van der Waals surface area contributed by atoms with Gasteiger partial charge in [0.25, 0.3) is 5.89 Å². The van der Waals surface area contributed by atoms with Crippen molar-refractivity contribution in [3.63, 3.8) is 0 Å². The summed E-state index contributed by atoms with van der Waals surface area (Å²) < 4.78 is 16.9.